The van der Waals surface area contributed by atoms with Crippen molar-refractivity contribution in [2.75, 3.05) is 7.11 Å². The Bertz CT molecular complexity index is 236. The number of hydrogen-bond donors (Lipinski definition) is 1. The molecule has 0 heterocycles. The van der Waals surface area contributed by atoms with Gasteiger partial charge in [-0.2, -0.15) is 0 Å². The van der Waals surface area contributed by atoms with E-state index in [1.54, 1.807) is 30.0 Å². The van der Waals surface area contributed by atoms with Crippen molar-refractivity contribution in [3.8, 4) is 11.5 Å². The first-order chi connectivity index (χ1) is 5.76. The van der Waals surface area contributed by atoms with Crippen molar-refractivity contribution >= 4 is 10.2 Å². The molecule has 0 amide bonds. The van der Waals surface area contributed by atoms with Crippen LogP contribution >= 0.6 is 0 Å². The van der Waals surface area contributed by atoms with Gasteiger partial charge in [0.15, 0.2) is 11.5 Å². The van der Waals surface area contributed by atoms with Crippen molar-refractivity contribution < 1.29 is 9.84 Å². The fourth-order valence-electron chi connectivity index (χ4n) is 0.630. The van der Waals surface area contributed by atoms with Crippen LogP contribution in [0.4, 0.5) is 0 Å². The van der Waals surface area contributed by atoms with Crippen molar-refractivity contribution in [2.24, 2.45) is 0 Å². The third-order valence-electron chi connectivity index (χ3n) is 1.09. The Hall–Kier alpha value is -1.22. The topological polar surface area (TPSA) is 29.5 Å². The highest BCUT2D eigenvalue weighted by Gasteiger charge is 1.94. The molecule has 0 bridgehead atoms. The van der Waals surface area contributed by atoms with Crippen LogP contribution in [0.3, 0.4) is 0 Å². The molecule has 2 nitrogen and oxygen atoms in total. The van der Waals surface area contributed by atoms with Gasteiger partial charge in [0, 0.05) is 0 Å². The summed E-state index contributed by atoms with van der Waals surface area (Å²) in [5, 5.41) is 8.99. The Morgan fingerprint density at radius 1 is 1.50 bits per heavy atom. The van der Waals surface area contributed by atoms with Crippen LogP contribution in [0, 0.1) is 0 Å². The minimum Gasteiger partial charge on any atom is -0.504 e. The van der Waals surface area contributed by atoms with E-state index in [4.69, 9.17) is 9.84 Å². The fraction of sp³-hybridized carbons (Fsp3) is 0.111. The number of para-hydroxylation sites is 2. The van der Waals surface area contributed by atoms with E-state index in [0.29, 0.717) is 5.75 Å². The van der Waals surface area contributed by atoms with Crippen molar-refractivity contribution in [1.82, 2.24) is 0 Å². The number of hydrogen-bond acceptors (Lipinski definition) is 2. The lowest BCUT2D eigenvalue weighted by atomic mass is 10.3. The predicted molar refractivity (Wildman–Crippen MR) is 50.6 cm³/mol. The molecular weight excluding hydrogens is 168 g/mol. The lowest BCUT2D eigenvalue weighted by Gasteiger charge is -1.99. The van der Waals surface area contributed by atoms with E-state index in [0.717, 1.165) is 0 Å². The number of methoxy groups -OCH3 is 1. The first-order valence-electron chi connectivity index (χ1n) is 3.36. The maximum absolute atomic E-state index is 8.99. The molecule has 1 aromatic carbocycles. The summed E-state index contributed by atoms with van der Waals surface area (Å²) in [6.45, 7) is 3.27. The van der Waals surface area contributed by atoms with Crippen molar-refractivity contribution in [3.05, 3.63) is 36.5 Å². The Morgan fingerprint density at radius 2 is 2.00 bits per heavy atom. The quantitative estimate of drug-likeness (QED) is 0.665. The minimum absolute atomic E-state index is 0.181. The summed E-state index contributed by atoms with van der Waals surface area (Å²) in [4.78, 5) is 0. The van der Waals surface area contributed by atoms with Crippen LogP contribution in [0.2, 0.25) is 0 Å². The number of benzene rings is 1. The maximum Gasteiger partial charge on any atom is 0.160 e. The highest BCUT2D eigenvalue weighted by molar-refractivity contribution is 6.16. The highest BCUT2D eigenvalue weighted by Crippen LogP contribution is 2.22. The molecule has 0 aliphatic carbocycles. The summed E-state index contributed by atoms with van der Waals surface area (Å²) < 4.78 is 4.79. The SMILES string of the molecule is C=C[Si].COc1ccccc1O. The Labute approximate surface area is 75.9 Å². The number of aromatic hydroxyl groups is 1. The minimum atomic E-state index is 0.181. The van der Waals surface area contributed by atoms with Gasteiger partial charge >= 0.3 is 0 Å². The van der Waals surface area contributed by atoms with E-state index < -0.39 is 0 Å². The zero-order valence-corrected chi connectivity index (χ0v) is 7.95. The van der Waals surface area contributed by atoms with E-state index in [9.17, 15) is 0 Å². The summed E-state index contributed by atoms with van der Waals surface area (Å²) in [6.07, 6.45) is 0. The molecule has 1 N–H and O–H groups in total. The van der Waals surface area contributed by atoms with Crippen molar-refractivity contribution in [2.45, 2.75) is 0 Å². The second-order valence-electron chi connectivity index (χ2n) is 1.88. The summed E-state index contributed by atoms with van der Waals surface area (Å²) in [6, 6.07) is 6.84. The van der Waals surface area contributed by atoms with Gasteiger partial charge in [-0.15, -0.1) is 12.3 Å². The van der Waals surface area contributed by atoms with Gasteiger partial charge in [-0.25, -0.2) is 0 Å². The van der Waals surface area contributed by atoms with Gasteiger partial charge in [0.1, 0.15) is 0 Å². The molecule has 0 saturated carbocycles. The van der Waals surface area contributed by atoms with Crippen LogP contribution in [-0.4, -0.2) is 22.5 Å². The smallest absolute Gasteiger partial charge is 0.160 e. The van der Waals surface area contributed by atoms with Gasteiger partial charge in [0.05, 0.1) is 17.4 Å². The molecule has 0 atom stereocenters. The number of rotatable bonds is 1. The van der Waals surface area contributed by atoms with E-state index in [1.807, 2.05) is 0 Å². The Balaban J connectivity index is 0.000000354. The molecule has 63 valence electrons. The lowest BCUT2D eigenvalue weighted by Crippen LogP contribution is -1.80. The largest absolute Gasteiger partial charge is 0.504 e. The van der Waals surface area contributed by atoms with Gasteiger partial charge in [0.25, 0.3) is 0 Å². The molecular formula is C9H11O2Si. The second-order valence-corrected chi connectivity index (χ2v) is 2.28. The Morgan fingerprint density at radius 3 is 2.33 bits per heavy atom. The summed E-state index contributed by atoms with van der Waals surface area (Å²) >= 11 is 0. The first-order valence-corrected chi connectivity index (χ1v) is 3.94. The van der Waals surface area contributed by atoms with Crippen LogP contribution in [0.1, 0.15) is 0 Å². The van der Waals surface area contributed by atoms with Gasteiger partial charge in [-0.05, 0) is 12.1 Å². The van der Waals surface area contributed by atoms with Crippen LogP contribution in [0.25, 0.3) is 0 Å². The standard InChI is InChI=1S/C7H8O2.C2H3Si/c1-9-7-5-3-2-4-6(7)8;1-2-3/h2-5,8H,1H3;2H,1H2. The molecule has 0 aliphatic heterocycles. The van der Waals surface area contributed by atoms with Crippen LogP contribution in [0.5, 0.6) is 11.5 Å². The molecule has 0 saturated heterocycles. The average Bonchev–Trinajstić information content (AvgIpc) is 2.07. The fourth-order valence-corrected chi connectivity index (χ4v) is 0.630. The Kier molecular flexibility index (Phi) is 5.82. The van der Waals surface area contributed by atoms with Crippen LogP contribution < -0.4 is 4.74 Å². The monoisotopic (exact) mass is 179 g/mol. The van der Waals surface area contributed by atoms with E-state index >= 15 is 0 Å². The predicted octanol–water partition coefficient (Wildman–Crippen LogP) is 1.70. The zero-order chi connectivity index (χ0) is 9.40. The molecule has 1 aromatic rings. The molecule has 3 radical (unpaired) electrons. The zero-order valence-electron chi connectivity index (χ0n) is 6.95. The molecule has 12 heavy (non-hydrogen) atoms. The lowest BCUT2D eigenvalue weighted by molar-refractivity contribution is 0.373. The van der Waals surface area contributed by atoms with E-state index in [-0.39, 0.29) is 5.75 Å². The summed E-state index contributed by atoms with van der Waals surface area (Å²) in [5.41, 5.74) is 1.56. The van der Waals surface area contributed by atoms with E-state index in [2.05, 4.69) is 16.8 Å². The van der Waals surface area contributed by atoms with Crippen LogP contribution in [-0.2, 0) is 0 Å². The summed E-state index contributed by atoms with van der Waals surface area (Å²) in [5.74, 6) is 0.692. The third kappa shape index (κ3) is 3.83. The maximum atomic E-state index is 8.99. The average molecular weight is 179 g/mol. The third-order valence-corrected chi connectivity index (χ3v) is 1.09. The van der Waals surface area contributed by atoms with Gasteiger partial charge < -0.3 is 9.84 Å². The second kappa shape index (κ2) is 6.48. The molecule has 0 aliphatic rings. The molecule has 0 spiro atoms. The number of phenols is 1. The molecule has 1 rings (SSSR count). The van der Waals surface area contributed by atoms with Crippen molar-refractivity contribution in [3.63, 3.8) is 0 Å². The van der Waals surface area contributed by atoms with Crippen LogP contribution in [0.15, 0.2) is 36.5 Å². The van der Waals surface area contributed by atoms with Crippen molar-refractivity contribution in [1.29, 1.82) is 0 Å². The highest BCUT2D eigenvalue weighted by atomic mass is 28.1. The van der Waals surface area contributed by atoms with E-state index in [1.165, 1.54) is 7.11 Å². The number of phenolic OH excluding ortho intramolecular Hbond substituents is 1. The molecule has 0 fully saturated rings. The number of ether oxygens (including phenoxy) is 1. The molecule has 3 heteroatoms. The summed E-state index contributed by atoms with van der Waals surface area (Å²) in [7, 11) is 4.47. The molecule has 0 unspecified atom stereocenters. The first kappa shape index (κ1) is 10.8. The van der Waals surface area contributed by atoms with Gasteiger partial charge in [-0.3, -0.25) is 0 Å². The molecule has 0 aromatic heterocycles. The normalized spacial score (nSPS) is 7.83. The van der Waals surface area contributed by atoms with Gasteiger partial charge in [0.2, 0.25) is 0 Å². The van der Waals surface area contributed by atoms with Gasteiger partial charge in [-0.1, -0.05) is 12.1 Å².